The molecule has 0 fully saturated rings. The fraction of sp³-hybridized carbons (Fsp3) is 0.455. The number of aliphatic hydroxyl groups is 1. The lowest BCUT2D eigenvalue weighted by Crippen LogP contribution is -2.15. The molecule has 0 saturated heterocycles. The SMILES string of the molecule is CCC(O)COc1ccc(C)cc1. The van der Waals surface area contributed by atoms with Gasteiger partial charge in [-0.1, -0.05) is 24.6 Å². The highest BCUT2D eigenvalue weighted by molar-refractivity contribution is 5.26. The molecule has 2 nitrogen and oxygen atoms in total. The summed E-state index contributed by atoms with van der Waals surface area (Å²) in [4.78, 5) is 0. The van der Waals surface area contributed by atoms with Gasteiger partial charge in [0, 0.05) is 0 Å². The first-order valence-corrected chi connectivity index (χ1v) is 4.60. The molecule has 1 N–H and O–H groups in total. The molecule has 0 aliphatic carbocycles. The molecule has 0 aliphatic heterocycles. The van der Waals surface area contributed by atoms with Gasteiger partial charge in [0.05, 0.1) is 6.10 Å². The summed E-state index contributed by atoms with van der Waals surface area (Å²) < 4.78 is 5.36. The Balaban J connectivity index is 2.41. The number of hydrogen-bond donors (Lipinski definition) is 1. The van der Waals surface area contributed by atoms with Crippen LogP contribution in [0.5, 0.6) is 5.75 Å². The van der Waals surface area contributed by atoms with Crippen molar-refractivity contribution in [3.05, 3.63) is 29.8 Å². The second kappa shape index (κ2) is 4.87. The van der Waals surface area contributed by atoms with E-state index in [1.807, 2.05) is 38.1 Å². The highest BCUT2D eigenvalue weighted by Crippen LogP contribution is 2.11. The Hall–Kier alpha value is -1.02. The summed E-state index contributed by atoms with van der Waals surface area (Å²) in [6.45, 7) is 4.34. The summed E-state index contributed by atoms with van der Waals surface area (Å²) in [6, 6.07) is 7.82. The zero-order valence-corrected chi connectivity index (χ0v) is 8.16. The van der Waals surface area contributed by atoms with Crippen LogP contribution in [0.25, 0.3) is 0 Å². The van der Waals surface area contributed by atoms with Gasteiger partial charge in [0.15, 0.2) is 0 Å². The molecule has 0 spiro atoms. The maximum absolute atomic E-state index is 9.25. The Morgan fingerprint density at radius 3 is 2.46 bits per heavy atom. The third-order valence-corrected chi connectivity index (χ3v) is 1.93. The average Bonchev–Trinajstić information content (AvgIpc) is 2.16. The van der Waals surface area contributed by atoms with Crippen LogP contribution < -0.4 is 4.74 Å². The van der Waals surface area contributed by atoms with Gasteiger partial charge >= 0.3 is 0 Å². The van der Waals surface area contributed by atoms with Gasteiger partial charge in [-0.3, -0.25) is 0 Å². The zero-order valence-electron chi connectivity index (χ0n) is 8.16. The van der Waals surface area contributed by atoms with E-state index in [4.69, 9.17) is 4.74 Å². The van der Waals surface area contributed by atoms with Crippen molar-refractivity contribution < 1.29 is 9.84 Å². The average molecular weight is 180 g/mol. The van der Waals surface area contributed by atoms with E-state index in [0.29, 0.717) is 6.61 Å². The van der Waals surface area contributed by atoms with Crippen LogP contribution in [0.3, 0.4) is 0 Å². The smallest absolute Gasteiger partial charge is 0.119 e. The molecule has 1 aromatic carbocycles. The summed E-state index contributed by atoms with van der Waals surface area (Å²) in [6.07, 6.45) is 0.368. The molecule has 72 valence electrons. The Labute approximate surface area is 79.2 Å². The Kier molecular flexibility index (Phi) is 3.77. The Morgan fingerprint density at radius 1 is 1.31 bits per heavy atom. The van der Waals surface area contributed by atoms with Crippen LogP contribution in [-0.2, 0) is 0 Å². The third-order valence-electron chi connectivity index (χ3n) is 1.93. The summed E-state index contributed by atoms with van der Waals surface area (Å²) in [5.41, 5.74) is 1.21. The molecule has 0 bridgehead atoms. The molecule has 1 rings (SSSR count). The largest absolute Gasteiger partial charge is 0.491 e. The molecule has 0 aromatic heterocycles. The van der Waals surface area contributed by atoms with Crippen molar-refractivity contribution in [2.45, 2.75) is 26.4 Å². The van der Waals surface area contributed by atoms with E-state index < -0.39 is 0 Å². The van der Waals surface area contributed by atoms with Gasteiger partial charge in [0.25, 0.3) is 0 Å². The Morgan fingerprint density at radius 2 is 1.92 bits per heavy atom. The van der Waals surface area contributed by atoms with Crippen molar-refractivity contribution >= 4 is 0 Å². The maximum atomic E-state index is 9.25. The number of benzene rings is 1. The van der Waals surface area contributed by atoms with Crippen molar-refractivity contribution in [2.75, 3.05) is 6.61 Å². The van der Waals surface area contributed by atoms with Gasteiger partial charge in [0.1, 0.15) is 12.4 Å². The second-order valence-corrected chi connectivity index (χ2v) is 3.19. The van der Waals surface area contributed by atoms with Crippen molar-refractivity contribution in [3.8, 4) is 5.75 Å². The van der Waals surface area contributed by atoms with Crippen LogP contribution in [-0.4, -0.2) is 17.8 Å². The van der Waals surface area contributed by atoms with E-state index in [2.05, 4.69) is 0 Å². The molecular weight excluding hydrogens is 164 g/mol. The molecule has 1 unspecified atom stereocenters. The van der Waals surface area contributed by atoms with Gasteiger partial charge in [-0.25, -0.2) is 0 Å². The topological polar surface area (TPSA) is 29.5 Å². The van der Waals surface area contributed by atoms with Crippen LogP contribution in [0.4, 0.5) is 0 Å². The van der Waals surface area contributed by atoms with Crippen LogP contribution in [0.15, 0.2) is 24.3 Å². The molecular formula is C11H16O2. The predicted octanol–water partition coefficient (Wildman–Crippen LogP) is 2.14. The lowest BCUT2D eigenvalue weighted by atomic mass is 10.2. The maximum Gasteiger partial charge on any atom is 0.119 e. The molecule has 0 heterocycles. The van der Waals surface area contributed by atoms with E-state index in [1.54, 1.807) is 0 Å². The number of hydrogen-bond acceptors (Lipinski definition) is 2. The highest BCUT2D eigenvalue weighted by atomic mass is 16.5. The van der Waals surface area contributed by atoms with Gasteiger partial charge in [-0.15, -0.1) is 0 Å². The fourth-order valence-electron chi connectivity index (χ4n) is 0.945. The van der Waals surface area contributed by atoms with Crippen LogP contribution in [0.2, 0.25) is 0 Å². The van der Waals surface area contributed by atoms with Gasteiger partial charge < -0.3 is 9.84 Å². The van der Waals surface area contributed by atoms with Crippen molar-refractivity contribution in [1.29, 1.82) is 0 Å². The van der Waals surface area contributed by atoms with E-state index in [-0.39, 0.29) is 6.10 Å². The van der Waals surface area contributed by atoms with E-state index >= 15 is 0 Å². The summed E-state index contributed by atoms with van der Waals surface area (Å²) in [7, 11) is 0. The molecule has 0 amide bonds. The lowest BCUT2D eigenvalue weighted by molar-refractivity contribution is 0.104. The molecule has 2 heteroatoms. The summed E-state index contributed by atoms with van der Waals surface area (Å²) in [5, 5.41) is 9.25. The van der Waals surface area contributed by atoms with Crippen molar-refractivity contribution in [1.82, 2.24) is 0 Å². The quantitative estimate of drug-likeness (QED) is 0.769. The number of ether oxygens (including phenoxy) is 1. The van der Waals surface area contributed by atoms with E-state index in [1.165, 1.54) is 5.56 Å². The number of aliphatic hydroxyl groups excluding tert-OH is 1. The van der Waals surface area contributed by atoms with E-state index in [0.717, 1.165) is 12.2 Å². The van der Waals surface area contributed by atoms with Gasteiger partial charge in [0.2, 0.25) is 0 Å². The third kappa shape index (κ3) is 3.47. The van der Waals surface area contributed by atoms with Crippen molar-refractivity contribution in [3.63, 3.8) is 0 Å². The molecule has 0 radical (unpaired) electrons. The molecule has 0 saturated carbocycles. The van der Waals surface area contributed by atoms with E-state index in [9.17, 15) is 5.11 Å². The van der Waals surface area contributed by atoms with Crippen LogP contribution >= 0.6 is 0 Å². The predicted molar refractivity (Wildman–Crippen MR) is 53.0 cm³/mol. The fourth-order valence-corrected chi connectivity index (χ4v) is 0.945. The van der Waals surface area contributed by atoms with Gasteiger partial charge in [-0.2, -0.15) is 0 Å². The Bertz CT molecular complexity index is 241. The van der Waals surface area contributed by atoms with Crippen LogP contribution in [0.1, 0.15) is 18.9 Å². The van der Waals surface area contributed by atoms with Gasteiger partial charge in [-0.05, 0) is 25.5 Å². The standard InChI is InChI=1S/C11H16O2/c1-3-10(12)8-13-11-6-4-9(2)5-7-11/h4-7,10,12H,3,8H2,1-2H3. The normalized spacial score (nSPS) is 12.5. The second-order valence-electron chi connectivity index (χ2n) is 3.19. The summed E-state index contributed by atoms with van der Waals surface area (Å²) in [5.74, 6) is 0.818. The molecule has 1 atom stereocenters. The lowest BCUT2D eigenvalue weighted by Gasteiger charge is -2.09. The molecule has 1 aromatic rings. The first kappa shape index (κ1) is 10.1. The number of aryl methyl sites for hydroxylation is 1. The monoisotopic (exact) mass is 180 g/mol. The zero-order chi connectivity index (χ0) is 9.68. The summed E-state index contributed by atoms with van der Waals surface area (Å²) >= 11 is 0. The van der Waals surface area contributed by atoms with Crippen LogP contribution in [0, 0.1) is 6.92 Å². The van der Waals surface area contributed by atoms with Crippen molar-refractivity contribution in [2.24, 2.45) is 0 Å². The first-order chi connectivity index (χ1) is 6.22. The highest BCUT2D eigenvalue weighted by Gasteiger charge is 2.00. The minimum atomic E-state index is -0.360. The minimum absolute atomic E-state index is 0.360. The number of rotatable bonds is 4. The molecule has 13 heavy (non-hydrogen) atoms. The minimum Gasteiger partial charge on any atom is -0.491 e. The first-order valence-electron chi connectivity index (χ1n) is 4.60. The molecule has 0 aliphatic rings.